The maximum absolute atomic E-state index is 13.1. The van der Waals surface area contributed by atoms with Crippen molar-refractivity contribution < 1.29 is 9.59 Å². The molecule has 0 aromatic carbocycles. The third kappa shape index (κ3) is 3.00. The first-order valence-corrected chi connectivity index (χ1v) is 8.84. The summed E-state index contributed by atoms with van der Waals surface area (Å²) in [6.07, 6.45) is 8.28. The number of likely N-dealkylation sites (tertiary alicyclic amines) is 1. The minimum atomic E-state index is -0.623. The van der Waals surface area contributed by atoms with Crippen LogP contribution < -0.4 is 10.6 Å². The molecule has 1 spiro atoms. The quantitative estimate of drug-likeness (QED) is 0.811. The number of nitrogens with zero attached hydrogens (tertiary/aromatic N) is 1. The average Bonchev–Trinajstić information content (AvgIpc) is 2.96. The van der Waals surface area contributed by atoms with Crippen molar-refractivity contribution >= 4 is 11.8 Å². The van der Waals surface area contributed by atoms with E-state index < -0.39 is 5.54 Å². The van der Waals surface area contributed by atoms with Gasteiger partial charge in [-0.15, -0.1) is 0 Å². The molecule has 2 amide bonds. The highest BCUT2D eigenvalue weighted by molar-refractivity contribution is 5.91. The van der Waals surface area contributed by atoms with Gasteiger partial charge in [0.15, 0.2) is 0 Å². The van der Waals surface area contributed by atoms with E-state index in [1.165, 1.54) is 19.8 Å². The van der Waals surface area contributed by atoms with Gasteiger partial charge in [-0.05, 0) is 44.1 Å². The van der Waals surface area contributed by atoms with Gasteiger partial charge in [-0.3, -0.25) is 9.59 Å². The van der Waals surface area contributed by atoms with Crippen molar-refractivity contribution in [2.75, 3.05) is 26.2 Å². The lowest BCUT2D eigenvalue weighted by Gasteiger charge is -2.44. The Morgan fingerprint density at radius 1 is 1.00 bits per heavy atom. The van der Waals surface area contributed by atoms with Crippen molar-refractivity contribution in [2.45, 2.75) is 63.8 Å². The van der Waals surface area contributed by atoms with E-state index in [-0.39, 0.29) is 11.8 Å². The monoisotopic (exact) mass is 307 g/mol. The lowest BCUT2D eigenvalue weighted by molar-refractivity contribution is -0.145. The van der Waals surface area contributed by atoms with E-state index in [9.17, 15) is 9.59 Å². The molecule has 1 saturated carbocycles. The van der Waals surface area contributed by atoms with Gasteiger partial charge in [0.05, 0.1) is 0 Å². The molecule has 2 aliphatic heterocycles. The van der Waals surface area contributed by atoms with E-state index in [1.54, 1.807) is 0 Å². The minimum Gasteiger partial charge on any atom is -0.342 e. The predicted molar refractivity (Wildman–Crippen MR) is 85.4 cm³/mol. The molecule has 124 valence electrons. The molecule has 2 N–H and O–H groups in total. The molecule has 1 aliphatic carbocycles. The highest BCUT2D eigenvalue weighted by Crippen LogP contribution is 2.38. The second kappa shape index (κ2) is 6.19. The molecule has 2 saturated heterocycles. The Bertz CT molecular complexity index is 427. The van der Waals surface area contributed by atoms with Crippen LogP contribution in [0.2, 0.25) is 0 Å². The van der Waals surface area contributed by atoms with Gasteiger partial charge in [-0.25, -0.2) is 0 Å². The van der Waals surface area contributed by atoms with E-state index >= 15 is 0 Å². The number of piperidine rings is 1. The minimum absolute atomic E-state index is 0.0799. The highest BCUT2D eigenvalue weighted by Gasteiger charge is 2.45. The third-order valence-corrected chi connectivity index (χ3v) is 5.98. The molecule has 22 heavy (non-hydrogen) atoms. The Morgan fingerprint density at radius 2 is 1.68 bits per heavy atom. The molecule has 0 atom stereocenters. The van der Waals surface area contributed by atoms with Crippen molar-refractivity contribution in [1.82, 2.24) is 15.5 Å². The average molecular weight is 307 g/mol. The molecule has 0 unspecified atom stereocenters. The fourth-order valence-electron chi connectivity index (χ4n) is 4.59. The molecule has 2 heterocycles. The Kier molecular flexibility index (Phi) is 4.44. The number of hydrogen-bond acceptors (Lipinski definition) is 3. The van der Waals surface area contributed by atoms with Gasteiger partial charge in [-0.1, -0.05) is 19.3 Å². The number of amides is 2. The summed E-state index contributed by atoms with van der Waals surface area (Å²) < 4.78 is 0. The summed E-state index contributed by atoms with van der Waals surface area (Å²) in [4.78, 5) is 26.7. The van der Waals surface area contributed by atoms with Crippen molar-refractivity contribution in [3.8, 4) is 0 Å². The second-order valence-electron chi connectivity index (χ2n) is 7.54. The number of hydrogen-bond donors (Lipinski definition) is 2. The zero-order valence-electron chi connectivity index (χ0n) is 13.7. The van der Waals surface area contributed by atoms with Crippen LogP contribution in [0.3, 0.4) is 0 Å². The van der Waals surface area contributed by atoms with E-state index in [0.29, 0.717) is 5.41 Å². The SMILES string of the molecule is CC(=O)NC1(C(=O)N2CCC3(CCNC3)CC2)CCCCC1. The van der Waals surface area contributed by atoms with Gasteiger partial charge in [0.2, 0.25) is 11.8 Å². The van der Waals surface area contributed by atoms with Crippen molar-refractivity contribution in [2.24, 2.45) is 5.41 Å². The Hall–Kier alpha value is -1.10. The summed E-state index contributed by atoms with van der Waals surface area (Å²) in [6.45, 7) is 5.44. The van der Waals surface area contributed by atoms with Crippen LogP contribution in [0.1, 0.15) is 58.3 Å². The topological polar surface area (TPSA) is 61.4 Å². The smallest absolute Gasteiger partial charge is 0.248 e. The van der Waals surface area contributed by atoms with Gasteiger partial charge < -0.3 is 15.5 Å². The van der Waals surface area contributed by atoms with Gasteiger partial charge >= 0.3 is 0 Å². The second-order valence-corrected chi connectivity index (χ2v) is 7.54. The van der Waals surface area contributed by atoms with Crippen LogP contribution in [0, 0.1) is 5.41 Å². The van der Waals surface area contributed by atoms with E-state index in [2.05, 4.69) is 10.6 Å². The van der Waals surface area contributed by atoms with Crippen LogP contribution >= 0.6 is 0 Å². The molecule has 0 bridgehead atoms. The molecule has 3 rings (SSSR count). The standard InChI is InChI=1S/C17H29N3O2/c1-14(21)19-17(5-3-2-4-6-17)15(22)20-11-8-16(9-12-20)7-10-18-13-16/h18H,2-13H2,1H3,(H,19,21). The summed E-state index contributed by atoms with van der Waals surface area (Å²) in [5.41, 5.74) is -0.201. The van der Waals surface area contributed by atoms with Crippen molar-refractivity contribution in [3.63, 3.8) is 0 Å². The lowest BCUT2D eigenvalue weighted by atomic mass is 9.76. The van der Waals surface area contributed by atoms with E-state index in [4.69, 9.17) is 0 Å². The van der Waals surface area contributed by atoms with Gasteiger partial charge in [-0.2, -0.15) is 0 Å². The third-order valence-electron chi connectivity index (χ3n) is 5.98. The Morgan fingerprint density at radius 3 is 2.23 bits per heavy atom. The molecular weight excluding hydrogens is 278 g/mol. The largest absolute Gasteiger partial charge is 0.342 e. The molecule has 0 aromatic rings. The first-order valence-electron chi connectivity index (χ1n) is 8.84. The zero-order valence-corrected chi connectivity index (χ0v) is 13.7. The van der Waals surface area contributed by atoms with Gasteiger partial charge in [0.1, 0.15) is 5.54 Å². The maximum atomic E-state index is 13.1. The summed E-state index contributed by atoms with van der Waals surface area (Å²) in [7, 11) is 0. The predicted octanol–water partition coefficient (Wildman–Crippen LogP) is 1.43. The molecule has 3 aliphatic rings. The number of carbonyl (C=O) groups is 2. The van der Waals surface area contributed by atoms with Crippen LogP contribution in [0.15, 0.2) is 0 Å². The number of nitrogens with one attached hydrogen (secondary N) is 2. The molecule has 0 aromatic heterocycles. The number of carbonyl (C=O) groups excluding carboxylic acids is 2. The maximum Gasteiger partial charge on any atom is 0.248 e. The van der Waals surface area contributed by atoms with E-state index in [0.717, 1.165) is 64.7 Å². The van der Waals surface area contributed by atoms with Crippen LogP contribution in [-0.4, -0.2) is 48.4 Å². The fraction of sp³-hybridized carbons (Fsp3) is 0.882. The summed E-state index contributed by atoms with van der Waals surface area (Å²) in [5.74, 6) is 0.0897. The van der Waals surface area contributed by atoms with Crippen LogP contribution in [0.5, 0.6) is 0 Å². The molecule has 5 heteroatoms. The van der Waals surface area contributed by atoms with Gasteiger partial charge in [0.25, 0.3) is 0 Å². The highest BCUT2D eigenvalue weighted by atomic mass is 16.2. The Balaban J connectivity index is 1.67. The lowest BCUT2D eigenvalue weighted by Crippen LogP contribution is -2.61. The number of rotatable bonds is 2. The zero-order chi connectivity index (χ0) is 15.6. The van der Waals surface area contributed by atoms with Crippen LogP contribution in [0.4, 0.5) is 0 Å². The van der Waals surface area contributed by atoms with Crippen molar-refractivity contribution in [3.05, 3.63) is 0 Å². The normalized spacial score (nSPS) is 26.9. The Labute approximate surface area is 133 Å². The summed E-state index contributed by atoms with van der Waals surface area (Å²) in [6, 6.07) is 0. The molecule has 0 radical (unpaired) electrons. The first-order chi connectivity index (χ1) is 10.6. The molecule has 3 fully saturated rings. The van der Waals surface area contributed by atoms with E-state index in [1.807, 2.05) is 4.90 Å². The first kappa shape index (κ1) is 15.8. The van der Waals surface area contributed by atoms with Gasteiger partial charge in [0, 0.05) is 26.6 Å². The molecular formula is C17H29N3O2. The summed E-state index contributed by atoms with van der Waals surface area (Å²) >= 11 is 0. The summed E-state index contributed by atoms with van der Waals surface area (Å²) in [5, 5.41) is 6.47. The van der Waals surface area contributed by atoms with Crippen LogP contribution in [0.25, 0.3) is 0 Å². The fourth-order valence-corrected chi connectivity index (χ4v) is 4.59. The van der Waals surface area contributed by atoms with Crippen molar-refractivity contribution in [1.29, 1.82) is 0 Å². The molecule has 5 nitrogen and oxygen atoms in total. The van der Waals surface area contributed by atoms with Crippen LogP contribution in [-0.2, 0) is 9.59 Å².